The Labute approximate surface area is 115 Å². The molecule has 2 heteroatoms. The largest absolute Gasteiger partial charge is 0.496 e. The predicted octanol–water partition coefficient (Wildman–Crippen LogP) is 3.51. The summed E-state index contributed by atoms with van der Waals surface area (Å²) < 4.78 is 5.40. The molecule has 2 nitrogen and oxygen atoms in total. The summed E-state index contributed by atoms with van der Waals surface area (Å²) in [6, 6.07) is 17.2. The van der Waals surface area contributed by atoms with Crippen molar-refractivity contribution in [1.29, 1.82) is 0 Å². The molecular weight excluding hydrogens is 234 g/mol. The highest BCUT2D eigenvalue weighted by Gasteiger charge is 2.11. The zero-order valence-corrected chi connectivity index (χ0v) is 11.8. The fraction of sp³-hybridized carbons (Fsp3) is 0.294. The second kappa shape index (κ2) is 6.39. The van der Waals surface area contributed by atoms with Gasteiger partial charge in [-0.05, 0) is 43.1 Å². The van der Waals surface area contributed by atoms with Crippen LogP contribution >= 0.6 is 0 Å². The van der Waals surface area contributed by atoms with Gasteiger partial charge in [0.15, 0.2) is 0 Å². The van der Waals surface area contributed by atoms with Gasteiger partial charge in [0.2, 0.25) is 0 Å². The Morgan fingerprint density at radius 3 is 2.47 bits per heavy atom. The van der Waals surface area contributed by atoms with Gasteiger partial charge in [0.05, 0.1) is 7.11 Å². The summed E-state index contributed by atoms with van der Waals surface area (Å²) in [7, 11) is 3.72. The zero-order valence-electron chi connectivity index (χ0n) is 11.8. The highest BCUT2D eigenvalue weighted by atomic mass is 16.5. The quantitative estimate of drug-likeness (QED) is 0.883. The number of benzene rings is 2. The van der Waals surface area contributed by atoms with Crippen molar-refractivity contribution in [3.8, 4) is 5.75 Å². The average Bonchev–Trinajstić information content (AvgIpc) is 2.46. The number of aryl methyl sites for hydroxylation is 1. The number of rotatable bonds is 5. The summed E-state index contributed by atoms with van der Waals surface area (Å²) in [5.41, 5.74) is 3.76. The Hall–Kier alpha value is -1.80. The Bertz CT molecular complexity index is 522. The smallest absolute Gasteiger partial charge is 0.122 e. The molecule has 0 amide bonds. The van der Waals surface area contributed by atoms with E-state index >= 15 is 0 Å². The number of methoxy groups -OCH3 is 1. The van der Waals surface area contributed by atoms with Gasteiger partial charge in [-0.3, -0.25) is 0 Å². The molecule has 0 heterocycles. The molecule has 2 aromatic rings. The molecule has 1 N–H and O–H groups in total. The Balaban J connectivity index is 2.22. The van der Waals surface area contributed by atoms with Crippen LogP contribution in [0.15, 0.2) is 48.5 Å². The van der Waals surface area contributed by atoms with Gasteiger partial charge in [-0.25, -0.2) is 0 Å². The minimum atomic E-state index is 0.303. The lowest BCUT2D eigenvalue weighted by molar-refractivity contribution is 0.410. The molecule has 0 aliphatic rings. The van der Waals surface area contributed by atoms with E-state index < -0.39 is 0 Å². The molecular formula is C17H21NO. The van der Waals surface area contributed by atoms with E-state index in [2.05, 4.69) is 54.7 Å². The maximum absolute atomic E-state index is 5.40. The van der Waals surface area contributed by atoms with E-state index in [0.29, 0.717) is 6.04 Å². The van der Waals surface area contributed by atoms with Crippen molar-refractivity contribution in [3.63, 3.8) is 0 Å². The van der Waals surface area contributed by atoms with Gasteiger partial charge < -0.3 is 10.1 Å². The zero-order chi connectivity index (χ0) is 13.7. The van der Waals surface area contributed by atoms with Crippen molar-refractivity contribution in [3.05, 3.63) is 65.2 Å². The first-order valence-corrected chi connectivity index (χ1v) is 6.60. The topological polar surface area (TPSA) is 21.3 Å². The van der Waals surface area contributed by atoms with Crippen LogP contribution in [0.5, 0.6) is 5.75 Å². The van der Waals surface area contributed by atoms with Crippen LogP contribution in [0.3, 0.4) is 0 Å². The third-order valence-electron chi connectivity index (χ3n) is 3.47. The fourth-order valence-corrected chi connectivity index (χ4v) is 2.29. The first-order valence-electron chi connectivity index (χ1n) is 6.60. The highest BCUT2D eigenvalue weighted by molar-refractivity contribution is 5.38. The maximum atomic E-state index is 5.40. The molecule has 19 heavy (non-hydrogen) atoms. The van der Waals surface area contributed by atoms with E-state index in [0.717, 1.165) is 12.2 Å². The van der Waals surface area contributed by atoms with Crippen LogP contribution < -0.4 is 10.1 Å². The number of ether oxygens (including phenoxy) is 1. The minimum Gasteiger partial charge on any atom is -0.496 e. The van der Waals surface area contributed by atoms with Crippen molar-refractivity contribution in [2.24, 2.45) is 0 Å². The summed E-state index contributed by atoms with van der Waals surface area (Å²) >= 11 is 0. The molecule has 1 atom stereocenters. The fourth-order valence-electron chi connectivity index (χ4n) is 2.29. The molecule has 0 fully saturated rings. The Morgan fingerprint density at radius 1 is 1.11 bits per heavy atom. The molecule has 0 saturated heterocycles. The summed E-state index contributed by atoms with van der Waals surface area (Å²) in [6.45, 7) is 2.06. The van der Waals surface area contributed by atoms with E-state index in [4.69, 9.17) is 4.74 Å². The molecule has 0 saturated carbocycles. The molecule has 1 unspecified atom stereocenters. The average molecular weight is 255 g/mol. The van der Waals surface area contributed by atoms with Crippen LogP contribution in [0.1, 0.15) is 22.7 Å². The first-order chi connectivity index (χ1) is 9.24. The SMILES string of the molecule is CNC(Cc1ccccc1)c1ccc(C)c(OC)c1. The lowest BCUT2D eigenvalue weighted by Gasteiger charge is -2.18. The van der Waals surface area contributed by atoms with Crippen LogP contribution in [0.4, 0.5) is 0 Å². The van der Waals surface area contributed by atoms with Gasteiger partial charge in [0.1, 0.15) is 5.75 Å². The molecule has 0 spiro atoms. The molecule has 2 rings (SSSR count). The van der Waals surface area contributed by atoms with Crippen molar-refractivity contribution in [2.75, 3.05) is 14.2 Å². The third-order valence-corrected chi connectivity index (χ3v) is 3.47. The highest BCUT2D eigenvalue weighted by Crippen LogP contribution is 2.25. The number of hydrogen-bond donors (Lipinski definition) is 1. The maximum Gasteiger partial charge on any atom is 0.122 e. The Morgan fingerprint density at radius 2 is 1.84 bits per heavy atom. The first kappa shape index (κ1) is 13.6. The van der Waals surface area contributed by atoms with Crippen molar-refractivity contribution < 1.29 is 4.74 Å². The van der Waals surface area contributed by atoms with Gasteiger partial charge in [-0.2, -0.15) is 0 Å². The van der Waals surface area contributed by atoms with Gasteiger partial charge in [-0.15, -0.1) is 0 Å². The predicted molar refractivity (Wildman–Crippen MR) is 79.7 cm³/mol. The summed E-state index contributed by atoms with van der Waals surface area (Å²) in [5, 5.41) is 3.38. The molecule has 0 bridgehead atoms. The Kier molecular flexibility index (Phi) is 4.58. The van der Waals surface area contributed by atoms with E-state index in [1.807, 2.05) is 13.1 Å². The summed E-state index contributed by atoms with van der Waals surface area (Å²) in [6.07, 6.45) is 0.976. The van der Waals surface area contributed by atoms with Crippen LogP contribution in [-0.2, 0) is 6.42 Å². The van der Waals surface area contributed by atoms with E-state index in [-0.39, 0.29) is 0 Å². The van der Waals surface area contributed by atoms with Crippen LogP contribution in [0.2, 0.25) is 0 Å². The van der Waals surface area contributed by atoms with Crippen molar-refractivity contribution in [1.82, 2.24) is 5.32 Å². The lowest BCUT2D eigenvalue weighted by atomic mass is 9.98. The standard InChI is InChI=1S/C17H21NO/c1-13-9-10-15(12-17(13)19-3)16(18-2)11-14-7-5-4-6-8-14/h4-10,12,16,18H,11H2,1-3H3. The molecule has 0 aromatic heterocycles. The van der Waals surface area contributed by atoms with Gasteiger partial charge >= 0.3 is 0 Å². The summed E-state index contributed by atoms with van der Waals surface area (Å²) in [4.78, 5) is 0. The van der Waals surface area contributed by atoms with Crippen LogP contribution in [-0.4, -0.2) is 14.2 Å². The van der Waals surface area contributed by atoms with Crippen molar-refractivity contribution >= 4 is 0 Å². The van der Waals surface area contributed by atoms with Gasteiger partial charge in [-0.1, -0.05) is 42.5 Å². The third kappa shape index (κ3) is 3.36. The number of likely N-dealkylation sites (N-methyl/N-ethyl adjacent to an activating group) is 1. The van der Waals surface area contributed by atoms with Gasteiger partial charge in [0.25, 0.3) is 0 Å². The second-order valence-corrected chi connectivity index (χ2v) is 4.76. The molecule has 100 valence electrons. The van der Waals surface area contributed by atoms with Crippen molar-refractivity contribution in [2.45, 2.75) is 19.4 Å². The molecule has 0 aliphatic carbocycles. The monoisotopic (exact) mass is 255 g/mol. The van der Waals surface area contributed by atoms with Crippen LogP contribution in [0.25, 0.3) is 0 Å². The van der Waals surface area contributed by atoms with E-state index in [9.17, 15) is 0 Å². The minimum absolute atomic E-state index is 0.303. The number of hydrogen-bond acceptors (Lipinski definition) is 2. The normalized spacial score (nSPS) is 12.2. The molecule has 0 radical (unpaired) electrons. The van der Waals surface area contributed by atoms with Gasteiger partial charge in [0, 0.05) is 6.04 Å². The number of nitrogens with one attached hydrogen (secondary N) is 1. The molecule has 0 aliphatic heterocycles. The van der Waals surface area contributed by atoms with Crippen LogP contribution in [0, 0.1) is 6.92 Å². The second-order valence-electron chi connectivity index (χ2n) is 4.76. The molecule has 2 aromatic carbocycles. The lowest BCUT2D eigenvalue weighted by Crippen LogP contribution is -2.18. The summed E-state index contributed by atoms with van der Waals surface area (Å²) in [5.74, 6) is 0.950. The van der Waals surface area contributed by atoms with E-state index in [1.54, 1.807) is 7.11 Å². The van der Waals surface area contributed by atoms with E-state index in [1.165, 1.54) is 16.7 Å².